The summed E-state index contributed by atoms with van der Waals surface area (Å²) in [5, 5.41) is 5.61. The molecule has 2 N–H and O–H groups in total. The first kappa shape index (κ1) is 16.7. The Labute approximate surface area is 127 Å². The minimum absolute atomic E-state index is 0.00487. The molecular weight excluding hydrogens is 322 g/mol. The fraction of sp³-hybridized carbons (Fsp3) is 0.429. The monoisotopic (exact) mass is 341 g/mol. The SMILES string of the molecule is CCN(CC)C(=O)CNCC(=O)Nc1cccc(Br)c1. The van der Waals surface area contributed by atoms with Crippen LogP contribution in [0.4, 0.5) is 5.69 Å². The van der Waals surface area contributed by atoms with Crippen LogP contribution in [-0.2, 0) is 9.59 Å². The summed E-state index contributed by atoms with van der Waals surface area (Å²) in [7, 11) is 0. The van der Waals surface area contributed by atoms with Gasteiger partial charge in [0, 0.05) is 23.2 Å². The van der Waals surface area contributed by atoms with E-state index in [0.717, 1.165) is 10.2 Å². The average Bonchev–Trinajstić information content (AvgIpc) is 2.40. The van der Waals surface area contributed by atoms with Crippen LogP contribution in [-0.4, -0.2) is 42.9 Å². The molecule has 5 nitrogen and oxygen atoms in total. The summed E-state index contributed by atoms with van der Waals surface area (Å²) in [5.41, 5.74) is 0.723. The van der Waals surface area contributed by atoms with Gasteiger partial charge in [-0.15, -0.1) is 0 Å². The van der Waals surface area contributed by atoms with E-state index in [9.17, 15) is 9.59 Å². The molecule has 0 aliphatic heterocycles. The third-order valence-corrected chi connectivity index (χ3v) is 3.28. The van der Waals surface area contributed by atoms with Gasteiger partial charge >= 0.3 is 0 Å². The van der Waals surface area contributed by atoms with Crippen molar-refractivity contribution in [1.29, 1.82) is 0 Å². The number of hydrogen-bond acceptors (Lipinski definition) is 3. The summed E-state index contributed by atoms with van der Waals surface area (Å²) in [6.45, 7) is 5.51. The second-order valence-corrected chi connectivity index (χ2v) is 5.14. The number of amides is 2. The molecule has 0 saturated carbocycles. The summed E-state index contributed by atoms with van der Waals surface area (Å²) in [5.74, 6) is -0.166. The molecule has 0 aromatic heterocycles. The van der Waals surface area contributed by atoms with Gasteiger partial charge in [-0.2, -0.15) is 0 Å². The third-order valence-electron chi connectivity index (χ3n) is 2.79. The van der Waals surface area contributed by atoms with Crippen molar-refractivity contribution in [2.75, 3.05) is 31.5 Å². The fourth-order valence-electron chi connectivity index (χ4n) is 1.74. The Bertz CT molecular complexity index is 461. The van der Waals surface area contributed by atoms with E-state index in [0.29, 0.717) is 13.1 Å². The van der Waals surface area contributed by atoms with Crippen LogP contribution in [0.3, 0.4) is 0 Å². The van der Waals surface area contributed by atoms with Crippen molar-refractivity contribution < 1.29 is 9.59 Å². The van der Waals surface area contributed by atoms with Crippen LogP contribution in [0.15, 0.2) is 28.7 Å². The number of nitrogens with one attached hydrogen (secondary N) is 2. The third kappa shape index (κ3) is 5.71. The molecule has 6 heteroatoms. The van der Waals surface area contributed by atoms with E-state index in [2.05, 4.69) is 26.6 Å². The van der Waals surface area contributed by atoms with Crippen LogP contribution in [0, 0.1) is 0 Å². The van der Waals surface area contributed by atoms with Crippen LogP contribution >= 0.6 is 15.9 Å². The number of carbonyl (C=O) groups is 2. The molecule has 0 heterocycles. The standard InChI is InChI=1S/C14H20BrN3O2/c1-3-18(4-2)14(20)10-16-9-13(19)17-12-7-5-6-11(15)8-12/h5-8,16H,3-4,9-10H2,1-2H3,(H,17,19). The summed E-state index contributed by atoms with van der Waals surface area (Å²) < 4.78 is 0.903. The number of likely N-dealkylation sites (N-methyl/N-ethyl adjacent to an activating group) is 1. The van der Waals surface area contributed by atoms with Crippen LogP contribution in [0.1, 0.15) is 13.8 Å². The summed E-state index contributed by atoms with van der Waals surface area (Å²) in [6.07, 6.45) is 0. The first-order valence-corrected chi connectivity index (χ1v) is 7.40. The highest BCUT2D eigenvalue weighted by Gasteiger charge is 2.09. The number of nitrogens with zero attached hydrogens (tertiary/aromatic N) is 1. The van der Waals surface area contributed by atoms with Crippen LogP contribution in [0.5, 0.6) is 0 Å². The Morgan fingerprint density at radius 1 is 1.20 bits per heavy atom. The zero-order valence-electron chi connectivity index (χ0n) is 11.8. The fourth-order valence-corrected chi connectivity index (χ4v) is 2.14. The zero-order chi connectivity index (χ0) is 15.0. The number of anilines is 1. The van der Waals surface area contributed by atoms with Gasteiger partial charge in [-0.3, -0.25) is 14.9 Å². The minimum Gasteiger partial charge on any atom is -0.342 e. The number of benzene rings is 1. The van der Waals surface area contributed by atoms with Gasteiger partial charge in [0.25, 0.3) is 0 Å². The van der Waals surface area contributed by atoms with Crippen molar-refractivity contribution in [1.82, 2.24) is 10.2 Å². The van der Waals surface area contributed by atoms with Crippen LogP contribution < -0.4 is 10.6 Å². The number of carbonyl (C=O) groups excluding carboxylic acids is 2. The molecule has 2 amide bonds. The highest BCUT2D eigenvalue weighted by molar-refractivity contribution is 9.10. The van der Waals surface area contributed by atoms with E-state index in [1.807, 2.05) is 38.1 Å². The molecule has 110 valence electrons. The molecule has 1 aromatic rings. The predicted octanol–water partition coefficient (Wildman–Crippen LogP) is 1.85. The maximum atomic E-state index is 11.7. The molecule has 1 aromatic carbocycles. The number of rotatable bonds is 7. The second kappa shape index (κ2) is 8.71. The van der Waals surface area contributed by atoms with Crippen molar-refractivity contribution in [3.05, 3.63) is 28.7 Å². The van der Waals surface area contributed by atoms with E-state index >= 15 is 0 Å². The molecule has 0 bridgehead atoms. The van der Waals surface area contributed by atoms with Gasteiger partial charge in [0.1, 0.15) is 0 Å². The molecule has 0 saturated heterocycles. The van der Waals surface area contributed by atoms with Crippen molar-refractivity contribution in [2.24, 2.45) is 0 Å². The highest BCUT2D eigenvalue weighted by Crippen LogP contribution is 2.15. The lowest BCUT2D eigenvalue weighted by Gasteiger charge is -2.18. The first-order valence-electron chi connectivity index (χ1n) is 6.60. The Kier molecular flexibility index (Phi) is 7.25. The van der Waals surface area contributed by atoms with Crippen LogP contribution in [0.25, 0.3) is 0 Å². The summed E-state index contributed by atoms with van der Waals surface area (Å²) in [4.78, 5) is 25.1. The van der Waals surface area contributed by atoms with Gasteiger partial charge in [-0.05, 0) is 32.0 Å². The molecule has 1 rings (SSSR count). The molecule has 0 radical (unpaired) electrons. The number of hydrogen-bond donors (Lipinski definition) is 2. The predicted molar refractivity (Wildman–Crippen MR) is 83.6 cm³/mol. The lowest BCUT2D eigenvalue weighted by atomic mass is 10.3. The van der Waals surface area contributed by atoms with Gasteiger partial charge in [-0.25, -0.2) is 0 Å². The molecule has 0 fully saturated rings. The van der Waals surface area contributed by atoms with Gasteiger partial charge < -0.3 is 10.2 Å². The number of halogens is 1. The van der Waals surface area contributed by atoms with E-state index < -0.39 is 0 Å². The summed E-state index contributed by atoms with van der Waals surface area (Å²) >= 11 is 3.34. The molecule has 0 aliphatic carbocycles. The maximum absolute atomic E-state index is 11.7. The molecule has 0 unspecified atom stereocenters. The van der Waals surface area contributed by atoms with Crippen molar-refractivity contribution in [3.8, 4) is 0 Å². The van der Waals surface area contributed by atoms with E-state index in [-0.39, 0.29) is 24.9 Å². The maximum Gasteiger partial charge on any atom is 0.238 e. The van der Waals surface area contributed by atoms with E-state index in [1.54, 1.807) is 4.90 Å². The van der Waals surface area contributed by atoms with Gasteiger partial charge in [0.15, 0.2) is 0 Å². The average molecular weight is 342 g/mol. The largest absolute Gasteiger partial charge is 0.342 e. The van der Waals surface area contributed by atoms with E-state index in [4.69, 9.17) is 0 Å². The Morgan fingerprint density at radius 3 is 2.50 bits per heavy atom. The molecule has 0 atom stereocenters. The summed E-state index contributed by atoms with van der Waals surface area (Å²) in [6, 6.07) is 7.36. The van der Waals surface area contributed by atoms with Crippen LogP contribution in [0.2, 0.25) is 0 Å². The second-order valence-electron chi connectivity index (χ2n) is 4.23. The lowest BCUT2D eigenvalue weighted by molar-refractivity contribution is -0.129. The Morgan fingerprint density at radius 2 is 1.90 bits per heavy atom. The first-order chi connectivity index (χ1) is 9.56. The van der Waals surface area contributed by atoms with Crippen molar-refractivity contribution >= 4 is 33.4 Å². The van der Waals surface area contributed by atoms with Crippen molar-refractivity contribution in [3.63, 3.8) is 0 Å². The highest BCUT2D eigenvalue weighted by atomic mass is 79.9. The molecule has 20 heavy (non-hydrogen) atoms. The Balaban J connectivity index is 2.32. The molecule has 0 aliphatic rings. The van der Waals surface area contributed by atoms with Gasteiger partial charge in [-0.1, -0.05) is 22.0 Å². The van der Waals surface area contributed by atoms with Gasteiger partial charge in [0.2, 0.25) is 11.8 Å². The topological polar surface area (TPSA) is 61.4 Å². The minimum atomic E-state index is -0.171. The zero-order valence-corrected chi connectivity index (χ0v) is 13.4. The molecular formula is C14H20BrN3O2. The van der Waals surface area contributed by atoms with Crippen molar-refractivity contribution in [2.45, 2.75) is 13.8 Å². The molecule has 0 spiro atoms. The Hall–Kier alpha value is -1.40. The lowest BCUT2D eigenvalue weighted by Crippen LogP contribution is -2.40. The van der Waals surface area contributed by atoms with E-state index in [1.165, 1.54) is 0 Å². The quantitative estimate of drug-likeness (QED) is 0.795. The smallest absolute Gasteiger partial charge is 0.238 e. The normalized spacial score (nSPS) is 10.2. The van der Waals surface area contributed by atoms with Gasteiger partial charge in [0.05, 0.1) is 13.1 Å².